The molecule has 0 saturated carbocycles. The van der Waals surface area contributed by atoms with Gasteiger partial charge in [-0.1, -0.05) is 6.92 Å². The van der Waals surface area contributed by atoms with E-state index in [0.717, 1.165) is 29.1 Å². The van der Waals surface area contributed by atoms with Gasteiger partial charge in [0.1, 0.15) is 10.6 Å². The molecule has 1 saturated heterocycles. The minimum atomic E-state index is 0.319. The van der Waals surface area contributed by atoms with Crippen molar-refractivity contribution in [3.05, 3.63) is 16.7 Å². The van der Waals surface area contributed by atoms with Gasteiger partial charge in [-0.05, 0) is 48.5 Å². The molecule has 1 aliphatic heterocycles. The van der Waals surface area contributed by atoms with Crippen molar-refractivity contribution in [2.75, 3.05) is 31.5 Å². The molecule has 1 unspecified atom stereocenters. The second kappa shape index (κ2) is 5.61. The Labute approximate surface area is 121 Å². The summed E-state index contributed by atoms with van der Waals surface area (Å²) in [5.41, 5.74) is 0. The zero-order chi connectivity index (χ0) is 13.2. The number of nitrogens with one attached hydrogen (secondary N) is 1. The van der Waals surface area contributed by atoms with Gasteiger partial charge in [0.05, 0.1) is 5.39 Å². The van der Waals surface area contributed by atoms with E-state index < -0.39 is 0 Å². The number of fused-ring (bicyclic) bond motifs is 1. The van der Waals surface area contributed by atoms with E-state index in [2.05, 4.69) is 27.1 Å². The van der Waals surface area contributed by atoms with Crippen molar-refractivity contribution in [2.45, 2.75) is 13.3 Å². The Morgan fingerprint density at radius 2 is 2.42 bits per heavy atom. The Morgan fingerprint density at radius 3 is 3.21 bits per heavy atom. The molecular formula is C13H17ClN4S. The average molecular weight is 297 g/mol. The normalized spacial score (nSPS) is 20.2. The number of anilines is 1. The van der Waals surface area contributed by atoms with Crippen LogP contribution in [0.2, 0.25) is 5.28 Å². The van der Waals surface area contributed by atoms with Crippen LogP contribution in [0.25, 0.3) is 10.2 Å². The molecular weight excluding hydrogens is 280 g/mol. The van der Waals surface area contributed by atoms with Gasteiger partial charge < -0.3 is 10.2 Å². The van der Waals surface area contributed by atoms with Crippen LogP contribution < -0.4 is 5.32 Å². The van der Waals surface area contributed by atoms with Crippen molar-refractivity contribution in [1.29, 1.82) is 0 Å². The first-order valence-electron chi connectivity index (χ1n) is 6.63. The largest absolute Gasteiger partial charge is 0.369 e. The zero-order valence-corrected chi connectivity index (χ0v) is 12.5. The SMILES string of the molecule is CCN1CCC(CNc2nc(Cl)nc3sccc23)C1. The summed E-state index contributed by atoms with van der Waals surface area (Å²) in [7, 11) is 0. The van der Waals surface area contributed by atoms with Crippen LogP contribution in [0, 0.1) is 5.92 Å². The molecule has 0 radical (unpaired) electrons. The van der Waals surface area contributed by atoms with E-state index in [1.54, 1.807) is 11.3 Å². The third-order valence-corrected chi connectivity index (χ3v) is 4.65. The van der Waals surface area contributed by atoms with Gasteiger partial charge in [0, 0.05) is 13.1 Å². The van der Waals surface area contributed by atoms with Gasteiger partial charge in [-0.2, -0.15) is 0 Å². The van der Waals surface area contributed by atoms with Gasteiger partial charge in [-0.3, -0.25) is 0 Å². The Hall–Kier alpha value is -0.910. The lowest BCUT2D eigenvalue weighted by Gasteiger charge is -2.14. The molecule has 0 aliphatic carbocycles. The molecule has 0 aromatic carbocycles. The van der Waals surface area contributed by atoms with E-state index in [9.17, 15) is 0 Å². The highest BCUT2D eigenvalue weighted by Gasteiger charge is 2.21. The number of likely N-dealkylation sites (tertiary alicyclic amines) is 1. The van der Waals surface area contributed by atoms with Crippen molar-refractivity contribution < 1.29 is 0 Å². The Kier molecular flexibility index (Phi) is 3.86. The standard InChI is InChI=1S/C13H17ClN4S/c1-2-18-5-3-9(8-18)7-15-11-10-4-6-19-12(10)17-13(14)16-11/h4,6,9H,2-3,5,7-8H2,1H3,(H,15,16,17). The van der Waals surface area contributed by atoms with Gasteiger partial charge in [0.15, 0.2) is 0 Å². The van der Waals surface area contributed by atoms with E-state index in [0.29, 0.717) is 11.2 Å². The minimum Gasteiger partial charge on any atom is -0.369 e. The third-order valence-electron chi connectivity index (χ3n) is 3.67. The van der Waals surface area contributed by atoms with E-state index in [1.807, 2.05) is 11.4 Å². The lowest BCUT2D eigenvalue weighted by molar-refractivity contribution is 0.345. The van der Waals surface area contributed by atoms with E-state index in [1.165, 1.54) is 19.5 Å². The highest BCUT2D eigenvalue weighted by atomic mass is 35.5. The predicted molar refractivity (Wildman–Crippen MR) is 81.1 cm³/mol. The number of halogens is 1. The quantitative estimate of drug-likeness (QED) is 0.880. The molecule has 0 bridgehead atoms. The van der Waals surface area contributed by atoms with Crippen molar-refractivity contribution in [3.63, 3.8) is 0 Å². The number of rotatable bonds is 4. The van der Waals surface area contributed by atoms with Crippen molar-refractivity contribution in [2.24, 2.45) is 5.92 Å². The maximum absolute atomic E-state index is 5.96. The molecule has 19 heavy (non-hydrogen) atoms. The molecule has 1 fully saturated rings. The van der Waals surface area contributed by atoms with Crippen molar-refractivity contribution >= 4 is 39.0 Å². The number of thiophene rings is 1. The molecule has 0 spiro atoms. The van der Waals surface area contributed by atoms with Crippen LogP contribution in [0.5, 0.6) is 0 Å². The van der Waals surface area contributed by atoms with E-state index >= 15 is 0 Å². The molecule has 3 rings (SSSR count). The fourth-order valence-electron chi connectivity index (χ4n) is 2.57. The predicted octanol–water partition coefficient (Wildman–Crippen LogP) is 3.10. The van der Waals surface area contributed by atoms with Gasteiger partial charge >= 0.3 is 0 Å². The minimum absolute atomic E-state index is 0.319. The summed E-state index contributed by atoms with van der Waals surface area (Å²) in [6.07, 6.45) is 1.26. The van der Waals surface area contributed by atoms with Gasteiger partial charge in [0.25, 0.3) is 0 Å². The summed E-state index contributed by atoms with van der Waals surface area (Å²) in [4.78, 5) is 12.0. The average Bonchev–Trinajstić information content (AvgIpc) is 3.03. The van der Waals surface area contributed by atoms with Crippen LogP contribution in [0.4, 0.5) is 5.82 Å². The first kappa shape index (κ1) is 13.1. The van der Waals surface area contributed by atoms with E-state index in [-0.39, 0.29) is 0 Å². The first-order chi connectivity index (χ1) is 9.26. The zero-order valence-electron chi connectivity index (χ0n) is 10.9. The fourth-order valence-corrected chi connectivity index (χ4v) is 3.55. The van der Waals surface area contributed by atoms with Crippen LogP contribution in [0.3, 0.4) is 0 Å². The molecule has 3 heterocycles. The maximum Gasteiger partial charge on any atom is 0.225 e. The monoisotopic (exact) mass is 296 g/mol. The Morgan fingerprint density at radius 1 is 1.53 bits per heavy atom. The van der Waals surface area contributed by atoms with Crippen LogP contribution in [-0.4, -0.2) is 41.0 Å². The molecule has 2 aromatic rings. The summed E-state index contributed by atoms with van der Waals surface area (Å²) in [6.45, 7) is 6.70. The topological polar surface area (TPSA) is 41.0 Å². The van der Waals surface area contributed by atoms with Crippen LogP contribution >= 0.6 is 22.9 Å². The molecule has 1 atom stereocenters. The molecule has 6 heteroatoms. The molecule has 4 nitrogen and oxygen atoms in total. The van der Waals surface area contributed by atoms with E-state index in [4.69, 9.17) is 11.6 Å². The summed E-state index contributed by atoms with van der Waals surface area (Å²) in [5, 5.41) is 6.86. The lowest BCUT2D eigenvalue weighted by Crippen LogP contribution is -2.22. The number of hydrogen-bond donors (Lipinski definition) is 1. The number of aromatic nitrogens is 2. The summed E-state index contributed by atoms with van der Waals surface area (Å²) in [5.74, 6) is 1.56. The summed E-state index contributed by atoms with van der Waals surface area (Å²) >= 11 is 7.55. The summed E-state index contributed by atoms with van der Waals surface area (Å²) < 4.78 is 0. The highest BCUT2D eigenvalue weighted by Crippen LogP contribution is 2.27. The lowest BCUT2D eigenvalue weighted by atomic mass is 10.1. The third kappa shape index (κ3) is 2.83. The van der Waals surface area contributed by atoms with Crippen molar-refractivity contribution in [1.82, 2.24) is 14.9 Å². The Bertz CT molecular complexity index is 571. The first-order valence-corrected chi connectivity index (χ1v) is 7.89. The van der Waals surface area contributed by atoms with Gasteiger partial charge in [-0.15, -0.1) is 11.3 Å². The second-order valence-corrected chi connectivity index (χ2v) is 6.14. The maximum atomic E-state index is 5.96. The molecule has 0 amide bonds. The molecule has 1 aliphatic rings. The smallest absolute Gasteiger partial charge is 0.225 e. The van der Waals surface area contributed by atoms with Gasteiger partial charge in [0.2, 0.25) is 5.28 Å². The second-order valence-electron chi connectivity index (χ2n) is 4.91. The fraction of sp³-hybridized carbons (Fsp3) is 0.538. The molecule has 102 valence electrons. The van der Waals surface area contributed by atoms with Crippen molar-refractivity contribution in [3.8, 4) is 0 Å². The Balaban J connectivity index is 1.70. The number of hydrogen-bond acceptors (Lipinski definition) is 5. The van der Waals surface area contributed by atoms with Crippen LogP contribution in [0.1, 0.15) is 13.3 Å². The van der Waals surface area contributed by atoms with Crippen LogP contribution in [0.15, 0.2) is 11.4 Å². The number of nitrogens with zero attached hydrogens (tertiary/aromatic N) is 3. The molecule has 2 aromatic heterocycles. The van der Waals surface area contributed by atoms with Gasteiger partial charge in [-0.25, -0.2) is 9.97 Å². The highest BCUT2D eigenvalue weighted by molar-refractivity contribution is 7.16. The van der Waals surface area contributed by atoms with Crippen LogP contribution in [-0.2, 0) is 0 Å². The molecule has 1 N–H and O–H groups in total. The summed E-state index contributed by atoms with van der Waals surface area (Å²) in [6, 6.07) is 2.05.